The third kappa shape index (κ3) is 5.98. The third-order valence-corrected chi connectivity index (χ3v) is 4.98. The molecule has 1 fully saturated rings. The van der Waals surface area contributed by atoms with Crippen LogP contribution in [0.25, 0.3) is 0 Å². The van der Waals surface area contributed by atoms with Gasteiger partial charge in [0.2, 0.25) is 5.91 Å². The van der Waals surface area contributed by atoms with Crippen molar-refractivity contribution < 1.29 is 9.53 Å². The Morgan fingerprint density at radius 3 is 3.00 bits per heavy atom. The van der Waals surface area contributed by atoms with E-state index in [2.05, 4.69) is 16.7 Å². The van der Waals surface area contributed by atoms with Crippen LogP contribution in [0.15, 0.2) is 24.3 Å². The number of piperidine rings is 1. The number of rotatable bonds is 7. The topological polar surface area (TPSA) is 50.4 Å². The summed E-state index contributed by atoms with van der Waals surface area (Å²) < 4.78 is 5.19. The van der Waals surface area contributed by atoms with Gasteiger partial charge in [0, 0.05) is 11.8 Å². The van der Waals surface area contributed by atoms with Gasteiger partial charge in [-0.1, -0.05) is 12.1 Å². The summed E-state index contributed by atoms with van der Waals surface area (Å²) in [7, 11) is 1.67. The first-order valence-electron chi connectivity index (χ1n) is 7.50. The van der Waals surface area contributed by atoms with E-state index in [0.717, 1.165) is 25.3 Å². The van der Waals surface area contributed by atoms with Crippen molar-refractivity contribution in [2.45, 2.75) is 24.5 Å². The van der Waals surface area contributed by atoms with Gasteiger partial charge in [0.05, 0.1) is 12.9 Å². The van der Waals surface area contributed by atoms with Crippen LogP contribution in [-0.4, -0.2) is 43.7 Å². The molecule has 0 spiro atoms. The minimum atomic E-state index is 0.140. The summed E-state index contributed by atoms with van der Waals surface area (Å²) in [5.41, 5.74) is 1.18. The van der Waals surface area contributed by atoms with Crippen LogP contribution in [0.2, 0.25) is 0 Å². The molecule has 2 N–H and O–H groups in total. The Labute approximate surface area is 131 Å². The number of hydrogen-bond donors (Lipinski definition) is 2. The maximum Gasteiger partial charge on any atom is 0.230 e. The number of thioether (sulfide) groups is 1. The predicted molar refractivity (Wildman–Crippen MR) is 88.1 cm³/mol. The van der Waals surface area contributed by atoms with Crippen LogP contribution in [0, 0.1) is 0 Å². The Morgan fingerprint density at radius 1 is 1.43 bits per heavy atom. The Balaban J connectivity index is 1.62. The maximum atomic E-state index is 11.8. The number of ether oxygens (including phenoxy) is 1. The van der Waals surface area contributed by atoms with Gasteiger partial charge in [0.25, 0.3) is 0 Å². The largest absolute Gasteiger partial charge is 0.497 e. The molecule has 0 unspecified atom stereocenters. The van der Waals surface area contributed by atoms with Gasteiger partial charge in [0.1, 0.15) is 5.75 Å². The second-order valence-electron chi connectivity index (χ2n) is 5.21. The molecule has 1 aromatic rings. The molecule has 2 rings (SSSR count). The lowest BCUT2D eigenvalue weighted by atomic mass is 10.1. The molecule has 0 radical (unpaired) electrons. The van der Waals surface area contributed by atoms with Crippen LogP contribution in [0.1, 0.15) is 18.4 Å². The van der Waals surface area contributed by atoms with Gasteiger partial charge in [-0.05, 0) is 50.0 Å². The summed E-state index contributed by atoms with van der Waals surface area (Å²) in [4.78, 5) is 11.8. The van der Waals surface area contributed by atoms with Crippen LogP contribution < -0.4 is 15.4 Å². The van der Waals surface area contributed by atoms with Crippen molar-refractivity contribution in [3.63, 3.8) is 0 Å². The molecule has 0 saturated carbocycles. The van der Waals surface area contributed by atoms with Gasteiger partial charge in [0.15, 0.2) is 0 Å². The molecule has 21 heavy (non-hydrogen) atoms. The second-order valence-corrected chi connectivity index (χ2v) is 6.50. The summed E-state index contributed by atoms with van der Waals surface area (Å²) in [6.07, 6.45) is 3.17. The number of benzene rings is 1. The minimum Gasteiger partial charge on any atom is -0.497 e. The second kappa shape index (κ2) is 8.95. The Kier molecular flexibility index (Phi) is 6.89. The van der Waals surface area contributed by atoms with Crippen molar-refractivity contribution in [3.05, 3.63) is 29.8 Å². The van der Waals surface area contributed by atoms with Gasteiger partial charge < -0.3 is 15.4 Å². The van der Waals surface area contributed by atoms with Crippen molar-refractivity contribution in [2.24, 2.45) is 0 Å². The fraction of sp³-hybridized carbons (Fsp3) is 0.562. The molecule has 1 saturated heterocycles. The molecule has 116 valence electrons. The summed E-state index contributed by atoms with van der Waals surface area (Å²) in [6, 6.07) is 7.97. The molecule has 0 atom stereocenters. The highest BCUT2D eigenvalue weighted by atomic mass is 32.2. The van der Waals surface area contributed by atoms with E-state index in [-0.39, 0.29) is 5.91 Å². The van der Waals surface area contributed by atoms with E-state index in [9.17, 15) is 4.79 Å². The fourth-order valence-electron chi connectivity index (χ4n) is 2.38. The summed E-state index contributed by atoms with van der Waals surface area (Å²) in [5.74, 6) is 1.57. The van der Waals surface area contributed by atoms with Gasteiger partial charge in [-0.3, -0.25) is 4.79 Å². The first-order valence-corrected chi connectivity index (χ1v) is 8.55. The first kappa shape index (κ1) is 16.2. The van der Waals surface area contributed by atoms with Gasteiger partial charge in [-0.15, -0.1) is 11.8 Å². The summed E-state index contributed by atoms with van der Waals surface area (Å²) in [6.45, 7) is 2.84. The predicted octanol–water partition coefficient (Wildman–Crippen LogP) is 1.84. The summed E-state index contributed by atoms with van der Waals surface area (Å²) >= 11 is 1.79. The van der Waals surface area contributed by atoms with Crippen LogP contribution in [0.5, 0.6) is 5.75 Å². The van der Waals surface area contributed by atoms with Crippen LogP contribution >= 0.6 is 11.8 Å². The minimum absolute atomic E-state index is 0.140. The lowest BCUT2D eigenvalue weighted by Gasteiger charge is -2.21. The molecular formula is C16H24N2O2S. The van der Waals surface area contributed by atoms with Gasteiger partial charge in [-0.25, -0.2) is 0 Å². The van der Waals surface area contributed by atoms with Crippen LogP contribution in [0.4, 0.5) is 0 Å². The average molecular weight is 308 g/mol. The number of hydrogen-bond acceptors (Lipinski definition) is 4. The van der Waals surface area contributed by atoms with Crippen molar-refractivity contribution in [3.8, 4) is 5.75 Å². The molecule has 1 aromatic carbocycles. The van der Waals surface area contributed by atoms with E-state index in [4.69, 9.17) is 4.74 Å². The van der Waals surface area contributed by atoms with Crippen molar-refractivity contribution >= 4 is 17.7 Å². The first-order chi connectivity index (χ1) is 10.3. The van der Waals surface area contributed by atoms with E-state index in [0.29, 0.717) is 17.5 Å². The van der Waals surface area contributed by atoms with E-state index in [1.54, 1.807) is 18.9 Å². The van der Waals surface area contributed by atoms with E-state index in [1.807, 2.05) is 18.2 Å². The van der Waals surface area contributed by atoms with Gasteiger partial charge >= 0.3 is 0 Å². The molecule has 1 heterocycles. The number of carbonyl (C=O) groups is 1. The Hall–Kier alpha value is -1.20. The molecule has 1 aliphatic rings. The monoisotopic (exact) mass is 308 g/mol. The number of methoxy groups -OCH3 is 1. The Bertz CT molecular complexity index is 448. The normalized spacial score (nSPS) is 15.7. The molecular weight excluding hydrogens is 284 g/mol. The fourth-order valence-corrected chi connectivity index (χ4v) is 3.44. The van der Waals surface area contributed by atoms with Crippen molar-refractivity contribution in [1.29, 1.82) is 0 Å². The van der Waals surface area contributed by atoms with Gasteiger partial charge in [-0.2, -0.15) is 0 Å². The van der Waals surface area contributed by atoms with Crippen LogP contribution in [0.3, 0.4) is 0 Å². The average Bonchev–Trinajstić information content (AvgIpc) is 2.54. The third-order valence-electron chi connectivity index (χ3n) is 3.61. The highest BCUT2D eigenvalue weighted by Gasteiger charge is 2.14. The number of carbonyl (C=O) groups excluding carboxylic acids is 1. The van der Waals surface area contributed by atoms with E-state index < -0.39 is 0 Å². The van der Waals surface area contributed by atoms with Crippen molar-refractivity contribution in [2.75, 3.05) is 32.5 Å². The smallest absolute Gasteiger partial charge is 0.230 e. The molecule has 1 aliphatic heterocycles. The lowest BCUT2D eigenvalue weighted by Crippen LogP contribution is -2.32. The molecule has 0 aromatic heterocycles. The molecule has 4 nitrogen and oxygen atoms in total. The standard InChI is InChI=1S/C16H24N2O2S/c1-20-14-4-2-3-13(11-14)5-10-18-16(19)12-21-15-6-8-17-9-7-15/h2-4,11,15,17H,5-10,12H2,1H3,(H,18,19). The molecule has 1 amide bonds. The Morgan fingerprint density at radius 2 is 2.24 bits per heavy atom. The zero-order valence-corrected chi connectivity index (χ0v) is 13.4. The van der Waals surface area contributed by atoms with E-state index in [1.165, 1.54) is 18.4 Å². The quantitative estimate of drug-likeness (QED) is 0.807. The number of nitrogens with one attached hydrogen (secondary N) is 2. The number of amides is 1. The zero-order chi connectivity index (χ0) is 14.9. The summed E-state index contributed by atoms with van der Waals surface area (Å²) in [5, 5.41) is 6.97. The molecule has 5 heteroatoms. The van der Waals surface area contributed by atoms with E-state index >= 15 is 0 Å². The molecule has 0 aliphatic carbocycles. The SMILES string of the molecule is COc1cccc(CCNC(=O)CSC2CCNCC2)c1. The van der Waals surface area contributed by atoms with Crippen molar-refractivity contribution in [1.82, 2.24) is 10.6 Å². The zero-order valence-electron chi connectivity index (χ0n) is 12.6. The van der Waals surface area contributed by atoms with Crippen LogP contribution in [-0.2, 0) is 11.2 Å². The highest BCUT2D eigenvalue weighted by molar-refractivity contribution is 8.00. The molecule has 0 bridgehead atoms. The highest BCUT2D eigenvalue weighted by Crippen LogP contribution is 2.19. The maximum absolute atomic E-state index is 11.8. The lowest BCUT2D eigenvalue weighted by molar-refractivity contribution is -0.118.